The first-order valence-corrected chi connectivity index (χ1v) is 15.2. The van der Waals surface area contributed by atoms with E-state index in [9.17, 15) is 18.8 Å². The van der Waals surface area contributed by atoms with Gasteiger partial charge < -0.3 is 30.7 Å². The molecule has 1 aromatic heterocycles. The molecule has 45 heavy (non-hydrogen) atoms. The number of hydrogen-bond donors (Lipinski definition) is 3. The van der Waals surface area contributed by atoms with Crippen LogP contribution in [0.1, 0.15) is 52.9 Å². The van der Waals surface area contributed by atoms with Crippen molar-refractivity contribution in [1.29, 1.82) is 0 Å². The van der Waals surface area contributed by atoms with Crippen LogP contribution in [0.3, 0.4) is 0 Å². The Labute approximate surface area is 261 Å². The second-order valence-corrected chi connectivity index (χ2v) is 12.6. The number of benzene rings is 2. The fraction of sp³-hybridized carbons (Fsp3) is 0.424. The zero-order valence-corrected chi connectivity index (χ0v) is 25.7. The number of primary amides is 1. The maximum atomic E-state index is 13.9. The van der Waals surface area contributed by atoms with Crippen LogP contribution in [0.4, 0.5) is 20.7 Å². The summed E-state index contributed by atoms with van der Waals surface area (Å²) < 4.78 is 25.3. The lowest BCUT2D eigenvalue weighted by molar-refractivity contribution is -0.141. The third-order valence-electron chi connectivity index (χ3n) is 7.96. The summed E-state index contributed by atoms with van der Waals surface area (Å²) in [6.07, 6.45) is 2.27. The van der Waals surface area contributed by atoms with Gasteiger partial charge in [-0.25, -0.2) is 14.2 Å². The maximum absolute atomic E-state index is 13.9. The minimum absolute atomic E-state index is 0.0454. The van der Waals surface area contributed by atoms with Crippen molar-refractivity contribution >= 4 is 29.4 Å². The molecule has 3 atom stereocenters. The van der Waals surface area contributed by atoms with E-state index in [2.05, 4.69) is 20.6 Å². The van der Waals surface area contributed by atoms with E-state index in [-0.39, 0.29) is 30.8 Å². The summed E-state index contributed by atoms with van der Waals surface area (Å²) in [4.78, 5) is 49.8. The van der Waals surface area contributed by atoms with E-state index < -0.39 is 41.5 Å². The number of aromatic nitrogens is 2. The number of rotatable bonds is 9. The zero-order chi connectivity index (χ0) is 32.1. The highest BCUT2D eigenvalue weighted by molar-refractivity contribution is 5.92. The lowest BCUT2D eigenvalue weighted by Gasteiger charge is -2.34. The van der Waals surface area contributed by atoms with Crippen molar-refractivity contribution in [2.24, 2.45) is 11.1 Å². The molecule has 1 saturated heterocycles. The lowest BCUT2D eigenvalue weighted by Crippen LogP contribution is -2.57. The average Bonchev–Trinajstić information content (AvgIpc) is 3.67. The molecule has 4 N–H and O–H groups in total. The quantitative estimate of drug-likeness (QED) is 0.305. The number of likely N-dealkylation sites (tertiary alicyclic amines) is 1. The summed E-state index contributed by atoms with van der Waals surface area (Å²) in [6, 6.07) is 14.8. The Kier molecular flexibility index (Phi) is 9.50. The molecule has 5 rings (SSSR count). The van der Waals surface area contributed by atoms with Crippen molar-refractivity contribution in [2.45, 2.75) is 77.2 Å². The monoisotopic (exact) mass is 618 g/mol. The summed E-state index contributed by atoms with van der Waals surface area (Å²) in [5.41, 5.74) is 6.42. The number of alkyl carbamates (subject to hydrolysis) is 1. The number of nitrogens with one attached hydrogen (secondary N) is 2. The third-order valence-corrected chi connectivity index (χ3v) is 7.96. The van der Waals surface area contributed by atoms with Crippen LogP contribution < -0.4 is 21.1 Å². The molecule has 12 heteroatoms. The Morgan fingerprint density at radius 1 is 1.00 bits per heavy atom. The highest BCUT2D eigenvalue weighted by atomic mass is 19.1. The minimum atomic E-state index is -0.970. The van der Waals surface area contributed by atoms with Crippen LogP contribution in [0.5, 0.6) is 5.88 Å². The number of ether oxygens (including phenoxy) is 2. The zero-order valence-electron chi connectivity index (χ0n) is 25.7. The smallest absolute Gasteiger partial charge is 0.408 e. The standard InChI is InChI=1S/C33H39FN6O5/c1-33(2,3)28(39-32(43)45-23-11-7-8-12-23)31(42)40-19-24(17-25(40)29(35)41)44-27-18-26(36-22-15-13-21(34)14-16-22)37-30(38-27)20-9-5-4-6-10-20/h4-6,9-10,13-16,18,23-25,28H,7-8,11-12,17,19H2,1-3H3,(H2,35,41)(H,39,43)(H,36,37,38)/t24?,25-,28+/m0/s1. The predicted molar refractivity (Wildman–Crippen MR) is 166 cm³/mol. The van der Waals surface area contributed by atoms with E-state index in [1.807, 2.05) is 51.1 Å². The van der Waals surface area contributed by atoms with E-state index in [0.29, 0.717) is 17.3 Å². The SMILES string of the molecule is CC(C)(C)[C@H](NC(=O)OC1CCCC1)C(=O)N1CC(Oc2cc(Nc3ccc(F)cc3)nc(-c3ccccc3)n2)C[C@H]1C(N)=O. The van der Waals surface area contributed by atoms with Crippen LogP contribution in [0.15, 0.2) is 60.7 Å². The second kappa shape index (κ2) is 13.5. The number of nitrogens with two attached hydrogens (primary N) is 1. The highest BCUT2D eigenvalue weighted by Crippen LogP contribution is 2.30. The number of nitrogens with zero attached hydrogens (tertiary/aromatic N) is 3. The molecule has 2 aromatic carbocycles. The van der Waals surface area contributed by atoms with Gasteiger partial charge in [0.1, 0.15) is 35.9 Å². The average molecular weight is 619 g/mol. The molecule has 0 radical (unpaired) electrons. The molecule has 1 aliphatic heterocycles. The van der Waals surface area contributed by atoms with E-state index >= 15 is 0 Å². The Balaban J connectivity index is 1.36. The lowest BCUT2D eigenvalue weighted by atomic mass is 9.85. The van der Waals surface area contributed by atoms with Gasteiger partial charge in [-0.2, -0.15) is 4.98 Å². The van der Waals surface area contributed by atoms with E-state index in [0.717, 1.165) is 31.2 Å². The highest BCUT2D eigenvalue weighted by Gasteiger charge is 2.45. The molecule has 2 aliphatic rings. The molecule has 11 nitrogen and oxygen atoms in total. The van der Waals surface area contributed by atoms with E-state index in [1.54, 1.807) is 18.2 Å². The van der Waals surface area contributed by atoms with Crippen molar-refractivity contribution in [2.75, 3.05) is 11.9 Å². The summed E-state index contributed by atoms with van der Waals surface area (Å²) in [6.45, 7) is 5.53. The fourth-order valence-corrected chi connectivity index (χ4v) is 5.64. The van der Waals surface area contributed by atoms with Gasteiger partial charge in [0.2, 0.25) is 17.7 Å². The van der Waals surface area contributed by atoms with Gasteiger partial charge in [-0.05, 0) is 55.4 Å². The number of carbonyl (C=O) groups is 3. The Hall–Kier alpha value is -4.74. The molecule has 1 aliphatic carbocycles. The Bertz CT molecular complexity index is 1510. The van der Waals surface area contributed by atoms with E-state index in [4.69, 9.17) is 15.2 Å². The minimum Gasteiger partial charge on any atom is -0.472 e. The topological polar surface area (TPSA) is 149 Å². The van der Waals surface area contributed by atoms with Crippen molar-refractivity contribution in [3.05, 3.63) is 66.5 Å². The van der Waals surface area contributed by atoms with Crippen molar-refractivity contribution in [3.8, 4) is 17.3 Å². The molecule has 1 saturated carbocycles. The van der Waals surface area contributed by atoms with Crippen molar-refractivity contribution < 1.29 is 28.2 Å². The van der Waals surface area contributed by atoms with Gasteiger partial charge >= 0.3 is 6.09 Å². The van der Waals surface area contributed by atoms with Crippen LogP contribution in [-0.2, 0) is 14.3 Å². The van der Waals surface area contributed by atoms with Crippen LogP contribution in [0, 0.1) is 11.2 Å². The van der Waals surface area contributed by atoms with Crippen molar-refractivity contribution in [3.63, 3.8) is 0 Å². The van der Waals surface area contributed by atoms with Crippen LogP contribution in [0.2, 0.25) is 0 Å². The van der Waals surface area contributed by atoms with Gasteiger partial charge in [0.15, 0.2) is 5.82 Å². The third kappa shape index (κ3) is 8.05. The second-order valence-electron chi connectivity index (χ2n) is 12.6. The summed E-state index contributed by atoms with van der Waals surface area (Å²) in [7, 11) is 0. The number of halogens is 1. The maximum Gasteiger partial charge on any atom is 0.408 e. The molecule has 238 valence electrons. The number of anilines is 2. The van der Waals surface area contributed by atoms with Gasteiger partial charge in [-0.3, -0.25) is 9.59 Å². The van der Waals surface area contributed by atoms with Gasteiger partial charge in [0.25, 0.3) is 0 Å². The predicted octanol–water partition coefficient (Wildman–Crippen LogP) is 4.94. The van der Waals surface area contributed by atoms with E-state index in [1.165, 1.54) is 17.0 Å². The summed E-state index contributed by atoms with van der Waals surface area (Å²) >= 11 is 0. The molecule has 2 heterocycles. The number of amides is 3. The molecule has 3 aromatic rings. The molecule has 3 amide bonds. The van der Waals surface area contributed by atoms with Crippen LogP contribution >= 0.6 is 0 Å². The first-order chi connectivity index (χ1) is 21.5. The Morgan fingerprint density at radius 2 is 1.69 bits per heavy atom. The molecular weight excluding hydrogens is 579 g/mol. The molecule has 1 unspecified atom stereocenters. The largest absolute Gasteiger partial charge is 0.472 e. The first-order valence-electron chi connectivity index (χ1n) is 15.2. The molecule has 0 bridgehead atoms. The summed E-state index contributed by atoms with van der Waals surface area (Å²) in [5, 5.41) is 5.89. The summed E-state index contributed by atoms with van der Waals surface area (Å²) in [5.74, 6) is -0.500. The first kappa shape index (κ1) is 31.7. The van der Waals surface area contributed by atoms with Crippen molar-refractivity contribution in [1.82, 2.24) is 20.2 Å². The number of hydrogen-bond acceptors (Lipinski definition) is 8. The normalized spacial score (nSPS) is 19.2. The van der Waals surface area contributed by atoms with Gasteiger partial charge in [-0.15, -0.1) is 0 Å². The molecule has 0 spiro atoms. The van der Waals surface area contributed by atoms with Gasteiger partial charge in [-0.1, -0.05) is 51.1 Å². The fourth-order valence-electron chi connectivity index (χ4n) is 5.64. The van der Waals surface area contributed by atoms with Gasteiger partial charge in [0.05, 0.1) is 6.54 Å². The molecule has 2 fully saturated rings. The van der Waals surface area contributed by atoms with Crippen LogP contribution in [0.25, 0.3) is 11.4 Å². The van der Waals surface area contributed by atoms with Crippen LogP contribution in [-0.4, -0.2) is 63.6 Å². The molecular formula is C33H39FN6O5. The Morgan fingerprint density at radius 3 is 2.33 bits per heavy atom. The number of carbonyl (C=O) groups excluding carboxylic acids is 3. The van der Waals surface area contributed by atoms with Gasteiger partial charge in [0, 0.05) is 23.7 Å².